The second kappa shape index (κ2) is 57.7. The van der Waals surface area contributed by atoms with E-state index in [9.17, 15) is 19.8 Å². The fourth-order valence-corrected chi connectivity index (χ4v) is 9.26. The molecule has 0 aromatic heterocycles. The second-order valence-corrected chi connectivity index (χ2v) is 20.7. The van der Waals surface area contributed by atoms with Gasteiger partial charge in [-0.05, 0) is 77.0 Å². The number of rotatable bonds is 56. The van der Waals surface area contributed by atoms with E-state index in [1.54, 1.807) is 0 Å². The number of carbonyl (C=O) groups is 2. The Hall–Kier alpha value is -1.92. The number of carbonyl (C=O) groups excluding carboxylic acids is 2. The molecule has 0 aliphatic rings. The topological polar surface area (TPSA) is 95.9 Å². The average molecular weight is 957 g/mol. The summed E-state index contributed by atoms with van der Waals surface area (Å²) in [6.07, 6.45) is 71.5. The molecule has 2 atom stereocenters. The normalized spacial score (nSPS) is 12.8. The lowest BCUT2D eigenvalue weighted by molar-refractivity contribution is -0.143. The zero-order valence-electron chi connectivity index (χ0n) is 45.6. The van der Waals surface area contributed by atoms with Crippen molar-refractivity contribution >= 4 is 11.9 Å². The molecule has 0 saturated heterocycles. The first kappa shape index (κ1) is 66.1. The monoisotopic (exact) mass is 956 g/mol. The first-order chi connectivity index (χ1) is 33.5. The maximum absolute atomic E-state index is 12.5. The fraction of sp³-hybridized carbons (Fsp3) is 0.871. The Labute approximate surface area is 424 Å². The molecule has 0 radical (unpaired) electrons. The van der Waals surface area contributed by atoms with E-state index in [2.05, 4.69) is 55.6 Å². The zero-order chi connectivity index (χ0) is 49.3. The number of unbranched alkanes of at least 4 members (excludes halogenated alkanes) is 40. The van der Waals surface area contributed by atoms with Crippen LogP contribution in [0.25, 0.3) is 0 Å². The van der Waals surface area contributed by atoms with Crippen molar-refractivity contribution in [2.24, 2.45) is 0 Å². The third-order valence-electron chi connectivity index (χ3n) is 13.9. The molecule has 0 saturated carbocycles. The van der Waals surface area contributed by atoms with Crippen LogP contribution >= 0.6 is 0 Å². The van der Waals surface area contributed by atoms with Crippen molar-refractivity contribution in [3.8, 4) is 0 Å². The Kier molecular flexibility index (Phi) is 56.0. The van der Waals surface area contributed by atoms with Gasteiger partial charge in [-0.25, -0.2) is 0 Å². The molecule has 6 heteroatoms. The van der Waals surface area contributed by atoms with Crippen LogP contribution in [-0.4, -0.2) is 47.4 Å². The molecule has 3 N–H and O–H groups in total. The molecule has 68 heavy (non-hydrogen) atoms. The van der Waals surface area contributed by atoms with Crippen LogP contribution in [0.5, 0.6) is 0 Å². The van der Waals surface area contributed by atoms with Gasteiger partial charge in [-0.3, -0.25) is 9.59 Å². The van der Waals surface area contributed by atoms with Crippen molar-refractivity contribution in [1.29, 1.82) is 0 Å². The quantitative estimate of drug-likeness (QED) is 0.0244. The van der Waals surface area contributed by atoms with Gasteiger partial charge >= 0.3 is 5.97 Å². The van der Waals surface area contributed by atoms with Crippen molar-refractivity contribution in [1.82, 2.24) is 5.32 Å². The van der Waals surface area contributed by atoms with Gasteiger partial charge in [0.05, 0.1) is 25.4 Å². The summed E-state index contributed by atoms with van der Waals surface area (Å²) in [4.78, 5) is 24.5. The second-order valence-electron chi connectivity index (χ2n) is 20.7. The first-order valence-electron chi connectivity index (χ1n) is 30.3. The van der Waals surface area contributed by atoms with Crippen LogP contribution in [-0.2, 0) is 14.3 Å². The van der Waals surface area contributed by atoms with Crippen molar-refractivity contribution in [3.05, 3.63) is 36.5 Å². The molecule has 0 aromatic carbocycles. The van der Waals surface area contributed by atoms with Gasteiger partial charge in [0.15, 0.2) is 0 Å². The van der Waals surface area contributed by atoms with Crippen LogP contribution in [0, 0.1) is 0 Å². The van der Waals surface area contributed by atoms with E-state index < -0.39 is 12.1 Å². The van der Waals surface area contributed by atoms with E-state index in [0.29, 0.717) is 25.9 Å². The summed E-state index contributed by atoms with van der Waals surface area (Å²) in [5, 5.41) is 23.4. The summed E-state index contributed by atoms with van der Waals surface area (Å²) in [6.45, 7) is 4.89. The van der Waals surface area contributed by atoms with Crippen LogP contribution < -0.4 is 5.32 Å². The highest BCUT2D eigenvalue weighted by molar-refractivity contribution is 5.76. The molecule has 0 bridgehead atoms. The van der Waals surface area contributed by atoms with Gasteiger partial charge in [-0.15, -0.1) is 0 Å². The van der Waals surface area contributed by atoms with Gasteiger partial charge in [-0.1, -0.05) is 269 Å². The lowest BCUT2D eigenvalue weighted by atomic mass is 10.0. The zero-order valence-corrected chi connectivity index (χ0v) is 45.6. The number of allylic oxidation sites excluding steroid dienone is 6. The third-order valence-corrected chi connectivity index (χ3v) is 13.9. The number of esters is 1. The predicted octanol–water partition coefficient (Wildman–Crippen LogP) is 18.8. The highest BCUT2D eigenvalue weighted by Gasteiger charge is 2.20. The Morgan fingerprint density at radius 1 is 0.412 bits per heavy atom. The lowest BCUT2D eigenvalue weighted by Gasteiger charge is -2.22. The summed E-state index contributed by atoms with van der Waals surface area (Å²) in [6, 6.07) is -0.550. The number of amides is 1. The molecule has 0 heterocycles. The predicted molar refractivity (Wildman–Crippen MR) is 296 cm³/mol. The van der Waals surface area contributed by atoms with E-state index in [1.165, 1.54) is 218 Å². The number of aliphatic hydroxyl groups excluding tert-OH is 2. The number of ether oxygens (including phenoxy) is 1. The molecular weight excluding hydrogens is 839 g/mol. The summed E-state index contributed by atoms with van der Waals surface area (Å²) in [5.41, 5.74) is 0. The van der Waals surface area contributed by atoms with Crippen molar-refractivity contribution in [3.63, 3.8) is 0 Å². The Balaban J connectivity index is 3.48. The fourth-order valence-electron chi connectivity index (χ4n) is 9.26. The van der Waals surface area contributed by atoms with Crippen molar-refractivity contribution in [2.45, 2.75) is 334 Å². The van der Waals surface area contributed by atoms with Gasteiger partial charge in [0.1, 0.15) is 0 Å². The maximum Gasteiger partial charge on any atom is 0.305 e. The summed E-state index contributed by atoms with van der Waals surface area (Å²) in [5.74, 6) is -0.0669. The molecule has 0 rings (SSSR count). The average Bonchev–Trinajstić information content (AvgIpc) is 3.34. The highest BCUT2D eigenvalue weighted by Crippen LogP contribution is 2.17. The van der Waals surface area contributed by atoms with Crippen LogP contribution in [0.2, 0.25) is 0 Å². The van der Waals surface area contributed by atoms with Gasteiger partial charge in [0.2, 0.25) is 5.91 Å². The minimum absolute atomic E-state index is 0.0243. The summed E-state index contributed by atoms with van der Waals surface area (Å²) < 4.78 is 5.43. The molecule has 0 aromatic rings. The molecule has 2 unspecified atom stereocenters. The van der Waals surface area contributed by atoms with E-state index in [-0.39, 0.29) is 18.5 Å². The van der Waals surface area contributed by atoms with E-state index in [1.807, 2.05) is 0 Å². The Morgan fingerprint density at radius 3 is 1.18 bits per heavy atom. The number of aliphatic hydroxyl groups is 2. The number of hydrogen-bond acceptors (Lipinski definition) is 5. The molecule has 0 fully saturated rings. The van der Waals surface area contributed by atoms with Crippen LogP contribution in [0.3, 0.4) is 0 Å². The van der Waals surface area contributed by atoms with Gasteiger partial charge < -0.3 is 20.3 Å². The molecule has 6 nitrogen and oxygen atoms in total. The Bertz CT molecular complexity index is 1100. The van der Waals surface area contributed by atoms with Crippen LogP contribution in [0.4, 0.5) is 0 Å². The van der Waals surface area contributed by atoms with Gasteiger partial charge in [0.25, 0.3) is 0 Å². The minimum atomic E-state index is -0.672. The van der Waals surface area contributed by atoms with Crippen molar-refractivity contribution in [2.75, 3.05) is 13.2 Å². The Morgan fingerprint density at radius 2 is 0.750 bits per heavy atom. The highest BCUT2D eigenvalue weighted by atomic mass is 16.5. The molecule has 0 spiro atoms. The van der Waals surface area contributed by atoms with Crippen molar-refractivity contribution < 1.29 is 24.5 Å². The van der Waals surface area contributed by atoms with E-state index >= 15 is 0 Å². The SMILES string of the molecule is CCCC/C=C\CCCCCCCC(=O)OCCCCC/C=C\C=C/CCCCCCCCCCCCC(=O)NC(CO)C(O)CCCCCCCCCCCCCCCCCCCCCCC. The number of nitrogens with one attached hydrogen (secondary N) is 1. The molecule has 400 valence electrons. The maximum atomic E-state index is 12.5. The largest absolute Gasteiger partial charge is 0.466 e. The van der Waals surface area contributed by atoms with Gasteiger partial charge in [-0.2, -0.15) is 0 Å². The number of hydrogen-bond donors (Lipinski definition) is 3. The first-order valence-corrected chi connectivity index (χ1v) is 30.3. The third kappa shape index (κ3) is 53.4. The molecule has 0 aliphatic heterocycles. The van der Waals surface area contributed by atoms with Crippen LogP contribution in [0.1, 0.15) is 322 Å². The standard InChI is InChI=1S/C62H117NO5/c1-3-5-7-9-11-13-15-16-17-18-19-20-22-25-28-31-35-38-42-46-50-54-60(65)59(58-64)63-61(66)55-51-47-43-39-36-32-29-26-23-21-24-27-30-33-37-41-45-49-53-57-68-62(67)56-52-48-44-40-34-14-12-10-8-6-4-2/h10,12,27,30,33,37,59-60,64-65H,3-9,11,13-26,28-29,31-32,34-36,38-58H2,1-2H3,(H,63,66)/b12-10-,30-27-,37-33-. The molecular formula is C62H117NO5. The lowest BCUT2D eigenvalue weighted by Crippen LogP contribution is -2.45. The van der Waals surface area contributed by atoms with Gasteiger partial charge in [0, 0.05) is 12.8 Å². The smallest absolute Gasteiger partial charge is 0.305 e. The molecule has 1 amide bonds. The molecule has 0 aliphatic carbocycles. The summed E-state index contributed by atoms with van der Waals surface area (Å²) >= 11 is 0. The van der Waals surface area contributed by atoms with E-state index in [0.717, 1.165) is 70.6 Å². The minimum Gasteiger partial charge on any atom is -0.466 e. The van der Waals surface area contributed by atoms with Crippen LogP contribution in [0.15, 0.2) is 36.5 Å². The van der Waals surface area contributed by atoms with E-state index in [4.69, 9.17) is 4.74 Å². The summed E-state index contributed by atoms with van der Waals surface area (Å²) in [7, 11) is 0.